The van der Waals surface area contributed by atoms with E-state index in [-0.39, 0.29) is 17.4 Å². The van der Waals surface area contributed by atoms with Crippen LogP contribution in [0.4, 0.5) is 13.2 Å². The van der Waals surface area contributed by atoms with E-state index in [9.17, 15) is 18.0 Å². The van der Waals surface area contributed by atoms with Gasteiger partial charge in [-0.1, -0.05) is 13.8 Å². The third-order valence-electron chi connectivity index (χ3n) is 3.77. The van der Waals surface area contributed by atoms with Gasteiger partial charge < -0.3 is 10.5 Å². The van der Waals surface area contributed by atoms with E-state index in [1.165, 1.54) is 30.3 Å². The van der Waals surface area contributed by atoms with E-state index >= 15 is 0 Å². The second-order valence-corrected chi connectivity index (χ2v) is 6.43. The Labute approximate surface area is 152 Å². The molecule has 0 atom stereocenters. The van der Waals surface area contributed by atoms with Crippen LogP contribution in [-0.4, -0.2) is 27.0 Å². The number of rotatable bonds is 5. The van der Waals surface area contributed by atoms with Gasteiger partial charge in [-0.3, -0.25) is 4.79 Å². The predicted molar refractivity (Wildman–Crippen MR) is 92.6 cm³/mol. The molecule has 0 radical (unpaired) electrons. The van der Waals surface area contributed by atoms with Crippen molar-refractivity contribution in [1.82, 2.24) is 14.8 Å². The number of halogens is 3. The van der Waals surface area contributed by atoms with Crippen LogP contribution in [0, 0.1) is 5.92 Å². The molecule has 2 N–H and O–H groups in total. The molecule has 0 spiro atoms. The molecule has 0 aliphatic carbocycles. The third kappa shape index (κ3) is 4.18. The fraction of sp³-hybridized carbons (Fsp3) is 0.278. The van der Waals surface area contributed by atoms with Crippen molar-refractivity contribution in [2.45, 2.75) is 26.6 Å². The van der Waals surface area contributed by atoms with E-state index < -0.39 is 12.3 Å². The van der Waals surface area contributed by atoms with Crippen molar-refractivity contribution >= 4 is 16.9 Å². The van der Waals surface area contributed by atoms with Gasteiger partial charge in [0.1, 0.15) is 17.0 Å². The molecule has 0 bridgehead atoms. The Balaban J connectivity index is 2.07. The van der Waals surface area contributed by atoms with Crippen molar-refractivity contribution in [1.29, 1.82) is 0 Å². The number of aromatic nitrogens is 3. The highest BCUT2D eigenvalue weighted by Gasteiger charge is 2.31. The fourth-order valence-electron chi connectivity index (χ4n) is 2.70. The number of alkyl halides is 3. The molecule has 2 heterocycles. The summed E-state index contributed by atoms with van der Waals surface area (Å²) in [6.45, 7) is 4.04. The summed E-state index contributed by atoms with van der Waals surface area (Å²) in [6, 6.07) is 8.51. The second kappa shape index (κ2) is 6.90. The number of carbonyl (C=O) groups excluding carboxylic acids is 1. The van der Waals surface area contributed by atoms with Crippen LogP contribution in [0.3, 0.4) is 0 Å². The molecule has 27 heavy (non-hydrogen) atoms. The Morgan fingerprint density at radius 2 is 1.85 bits per heavy atom. The summed E-state index contributed by atoms with van der Waals surface area (Å²) in [5, 5.41) is 4.54. The highest BCUT2D eigenvalue weighted by molar-refractivity contribution is 5.93. The Hall–Kier alpha value is -3.10. The van der Waals surface area contributed by atoms with Gasteiger partial charge in [-0.25, -0.2) is 9.67 Å². The Morgan fingerprint density at radius 1 is 1.19 bits per heavy atom. The van der Waals surface area contributed by atoms with Gasteiger partial charge in [0, 0.05) is 0 Å². The van der Waals surface area contributed by atoms with E-state index in [0.29, 0.717) is 28.8 Å². The molecule has 0 aliphatic rings. The van der Waals surface area contributed by atoms with Gasteiger partial charge >= 0.3 is 6.36 Å². The number of hydrogen-bond donors (Lipinski definition) is 1. The lowest BCUT2D eigenvalue weighted by atomic mass is 10.1. The average Bonchev–Trinajstić information content (AvgIpc) is 2.91. The molecule has 0 saturated heterocycles. The van der Waals surface area contributed by atoms with E-state index in [1.807, 2.05) is 13.8 Å². The maximum atomic E-state index is 12.3. The van der Waals surface area contributed by atoms with Crippen LogP contribution in [0.1, 0.15) is 30.0 Å². The molecule has 0 fully saturated rings. The van der Waals surface area contributed by atoms with Crippen LogP contribution in [0.2, 0.25) is 0 Å². The minimum Gasteiger partial charge on any atom is -0.406 e. The van der Waals surface area contributed by atoms with E-state index in [4.69, 9.17) is 5.73 Å². The predicted octanol–water partition coefficient (Wildman–Crippen LogP) is 3.62. The van der Waals surface area contributed by atoms with Gasteiger partial charge in [-0.15, -0.1) is 13.2 Å². The molecule has 142 valence electrons. The maximum Gasteiger partial charge on any atom is 0.573 e. The number of nitrogens with two attached hydrogens (primary N) is 1. The summed E-state index contributed by atoms with van der Waals surface area (Å²) >= 11 is 0. The number of carbonyl (C=O) groups is 1. The molecule has 1 amide bonds. The number of benzene rings is 1. The summed E-state index contributed by atoms with van der Waals surface area (Å²) in [6.07, 6.45) is -4.13. The van der Waals surface area contributed by atoms with Gasteiger partial charge in [-0.05, 0) is 48.7 Å². The molecular formula is C18H17F3N4O2. The Morgan fingerprint density at radius 3 is 2.41 bits per heavy atom. The standard InChI is InChI=1S/C18H17F3N4O2/c1-10(2)9-14-16-15(8-7-13(23-16)17(22)26)25(24-14)11-3-5-12(6-4-11)27-18(19,20)21/h3-8,10H,9H2,1-2H3,(H2,22,26). The summed E-state index contributed by atoms with van der Waals surface area (Å²) in [5.41, 5.74) is 7.81. The lowest BCUT2D eigenvalue weighted by Crippen LogP contribution is -2.17. The monoisotopic (exact) mass is 378 g/mol. The highest BCUT2D eigenvalue weighted by Crippen LogP contribution is 2.26. The van der Waals surface area contributed by atoms with Crippen LogP contribution in [0.25, 0.3) is 16.7 Å². The smallest absolute Gasteiger partial charge is 0.406 e. The maximum absolute atomic E-state index is 12.3. The molecule has 2 aromatic heterocycles. The van der Waals surface area contributed by atoms with E-state index in [0.717, 1.165) is 0 Å². The number of fused-ring (bicyclic) bond motifs is 1. The number of primary amides is 1. The molecule has 3 rings (SSSR count). The summed E-state index contributed by atoms with van der Waals surface area (Å²) in [5.74, 6) is -0.675. The van der Waals surface area contributed by atoms with Gasteiger partial charge in [0.2, 0.25) is 0 Å². The molecule has 0 aliphatic heterocycles. The van der Waals surface area contributed by atoms with Crippen LogP contribution < -0.4 is 10.5 Å². The SMILES string of the molecule is CC(C)Cc1nn(-c2ccc(OC(F)(F)F)cc2)c2ccc(C(N)=O)nc12. The van der Waals surface area contributed by atoms with E-state index in [1.54, 1.807) is 10.7 Å². The normalized spacial score (nSPS) is 11.9. The molecule has 0 saturated carbocycles. The van der Waals surface area contributed by atoms with Crippen molar-refractivity contribution in [3.8, 4) is 11.4 Å². The zero-order valence-electron chi connectivity index (χ0n) is 14.6. The fourth-order valence-corrected chi connectivity index (χ4v) is 2.70. The topological polar surface area (TPSA) is 83.0 Å². The quantitative estimate of drug-likeness (QED) is 0.735. The van der Waals surface area contributed by atoms with Gasteiger partial charge in [0.25, 0.3) is 5.91 Å². The van der Waals surface area contributed by atoms with Crippen molar-refractivity contribution in [3.05, 3.63) is 47.8 Å². The van der Waals surface area contributed by atoms with Crippen LogP contribution in [0.5, 0.6) is 5.75 Å². The third-order valence-corrected chi connectivity index (χ3v) is 3.77. The van der Waals surface area contributed by atoms with Crippen molar-refractivity contribution in [2.75, 3.05) is 0 Å². The summed E-state index contributed by atoms with van der Waals surface area (Å²) in [7, 11) is 0. The molecule has 0 unspecified atom stereocenters. The molecule has 6 nitrogen and oxygen atoms in total. The zero-order valence-corrected chi connectivity index (χ0v) is 14.6. The molecular weight excluding hydrogens is 361 g/mol. The van der Waals surface area contributed by atoms with Gasteiger partial charge in [0.15, 0.2) is 0 Å². The first-order chi connectivity index (χ1) is 12.6. The van der Waals surface area contributed by atoms with Gasteiger partial charge in [-0.2, -0.15) is 5.10 Å². The second-order valence-electron chi connectivity index (χ2n) is 6.43. The first-order valence-corrected chi connectivity index (χ1v) is 8.18. The number of nitrogens with zero attached hydrogens (tertiary/aromatic N) is 3. The highest BCUT2D eigenvalue weighted by atomic mass is 19.4. The first kappa shape index (κ1) is 18.7. The number of hydrogen-bond acceptors (Lipinski definition) is 4. The molecule has 1 aromatic carbocycles. The average molecular weight is 378 g/mol. The largest absolute Gasteiger partial charge is 0.573 e. The number of amides is 1. The minimum atomic E-state index is -4.75. The molecule has 3 aromatic rings. The van der Waals surface area contributed by atoms with Crippen LogP contribution in [-0.2, 0) is 6.42 Å². The summed E-state index contributed by atoms with van der Waals surface area (Å²) < 4.78 is 42.4. The molecule has 9 heteroatoms. The lowest BCUT2D eigenvalue weighted by Gasteiger charge is -2.09. The van der Waals surface area contributed by atoms with Crippen molar-refractivity contribution in [2.24, 2.45) is 11.7 Å². The zero-order chi connectivity index (χ0) is 19.8. The van der Waals surface area contributed by atoms with Crippen LogP contribution >= 0.6 is 0 Å². The summed E-state index contributed by atoms with van der Waals surface area (Å²) in [4.78, 5) is 15.7. The van der Waals surface area contributed by atoms with Crippen molar-refractivity contribution in [3.63, 3.8) is 0 Å². The number of pyridine rings is 1. The van der Waals surface area contributed by atoms with Crippen LogP contribution in [0.15, 0.2) is 36.4 Å². The van der Waals surface area contributed by atoms with Crippen molar-refractivity contribution < 1.29 is 22.7 Å². The van der Waals surface area contributed by atoms with E-state index in [2.05, 4.69) is 14.8 Å². The first-order valence-electron chi connectivity index (χ1n) is 8.18. The Kier molecular flexibility index (Phi) is 4.77. The van der Waals surface area contributed by atoms with Gasteiger partial charge in [0.05, 0.1) is 16.9 Å². The number of ether oxygens (including phenoxy) is 1. The Bertz CT molecular complexity index is 979. The minimum absolute atomic E-state index is 0.126. The lowest BCUT2D eigenvalue weighted by molar-refractivity contribution is -0.274.